The van der Waals surface area contributed by atoms with Gasteiger partial charge < -0.3 is 4.74 Å². The molecule has 2 aliphatic rings. The molecule has 2 rings (SSSR count). The fourth-order valence-electron chi connectivity index (χ4n) is 4.48. The lowest BCUT2D eigenvalue weighted by Crippen LogP contribution is -2.28. The molecular weight excluding hydrogens is 244 g/mol. The SMILES string of the molecule is CCCCO[C@H]1CC[C@H]([C@H]2CC[C@H](CCC)CC2)CC1. The zero-order chi connectivity index (χ0) is 14.2. The normalized spacial score (nSPS) is 35.1. The van der Waals surface area contributed by atoms with E-state index in [2.05, 4.69) is 13.8 Å². The summed E-state index contributed by atoms with van der Waals surface area (Å²) in [5, 5.41) is 0. The van der Waals surface area contributed by atoms with Crippen LogP contribution in [0.5, 0.6) is 0 Å². The van der Waals surface area contributed by atoms with Gasteiger partial charge in [0, 0.05) is 6.61 Å². The van der Waals surface area contributed by atoms with Gasteiger partial charge in [-0.25, -0.2) is 0 Å². The topological polar surface area (TPSA) is 9.23 Å². The van der Waals surface area contributed by atoms with E-state index in [1.54, 1.807) is 0 Å². The molecule has 0 amide bonds. The first-order chi connectivity index (χ1) is 9.83. The Morgan fingerprint density at radius 2 is 1.35 bits per heavy atom. The van der Waals surface area contributed by atoms with Crippen LogP contribution in [0.1, 0.15) is 90.9 Å². The average Bonchev–Trinajstić information content (AvgIpc) is 2.49. The van der Waals surface area contributed by atoms with Crippen LogP contribution in [0.15, 0.2) is 0 Å². The molecule has 0 saturated heterocycles. The second kappa shape index (κ2) is 9.07. The number of rotatable bonds is 7. The number of hydrogen-bond donors (Lipinski definition) is 0. The molecule has 1 heteroatoms. The van der Waals surface area contributed by atoms with E-state index in [0.717, 1.165) is 24.4 Å². The van der Waals surface area contributed by atoms with Crippen LogP contribution in [-0.2, 0) is 4.74 Å². The van der Waals surface area contributed by atoms with Crippen LogP contribution in [-0.4, -0.2) is 12.7 Å². The molecule has 0 aromatic carbocycles. The summed E-state index contributed by atoms with van der Waals surface area (Å²) in [6, 6.07) is 0. The fraction of sp³-hybridized carbons (Fsp3) is 1.00. The maximum atomic E-state index is 6.01. The van der Waals surface area contributed by atoms with E-state index in [-0.39, 0.29) is 0 Å². The van der Waals surface area contributed by atoms with Crippen molar-refractivity contribution in [3.8, 4) is 0 Å². The lowest BCUT2D eigenvalue weighted by Gasteiger charge is -2.37. The van der Waals surface area contributed by atoms with Gasteiger partial charge in [-0.15, -0.1) is 0 Å². The lowest BCUT2D eigenvalue weighted by atomic mass is 9.70. The molecule has 0 bridgehead atoms. The second-order valence-electron chi connectivity index (χ2n) is 7.33. The Kier molecular flexibility index (Phi) is 7.41. The predicted octanol–water partition coefficient (Wildman–Crippen LogP) is 5.97. The quantitative estimate of drug-likeness (QED) is 0.522. The maximum absolute atomic E-state index is 6.01. The Balaban J connectivity index is 1.62. The van der Waals surface area contributed by atoms with Crippen molar-refractivity contribution in [2.45, 2.75) is 97.0 Å². The molecule has 0 aromatic heterocycles. The summed E-state index contributed by atoms with van der Waals surface area (Å²) in [6.07, 6.45) is 17.6. The smallest absolute Gasteiger partial charge is 0.0575 e. The van der Waals surface area contributed by atoms with Crippen LogP contribution in [0, 0.1) is 17.8 Å². The Morgan fingerprint density at radius 3 is 1.90 bits per heavy atom. The van der Waals surface area contributed by atoms with Gasteiger partial charge in [0.05, 0.1) is 6.10 Å². The van der Waals surface area contributed by atoms with Gasteiger partial charge in [0.2, 0.25) is 0 Å². The molecule has 0 aliphatic heterocycles. The van der Waals surface area contributed by atoms with Crippen LogP contribution in [0.3, 0.4) is 0 Å². The third-order valence-electron chi connectivity index (χ3n) is 5.83. The Hall–Kier alpha value is -0.0400. The van der Waals surface area contributed by atoms with E-state index < -0.39 is 0 Å². The highest BCUT2D eigenvalue weighted by atomic mass is 16.5. The molecule has 118 valence electrons. The van der Waals surface area contributed by atoms with Crippen LogP contribution in [0.25, 0.3) is 0 Å². The highest BCUT2D eigenvalue weighted by Crippen LogP contribution is 2.41. The monoisotopic (exact) mass is 280 g/mol. The predicted molar refractivity (Wildman–Crippen MR) is 87.0 cm³/mol. The van der Waals surface area contributed by atoms with E-state index in [1.165, 1.54) is 77.0 Å². The molecule has 0 heterocycles. The van der Waals surface area contributed by atoms with Crippen molar-refractivity contribution >= 4 is 0 Å². The first-order valence-corrected chi connectivity index (χ1v) is 9.45. The van der Waals surface area contributed by atoms with Crippen molar-refractivity contribution in [2.75, 3.05) is 6.61 Å². The molecular formula is C19H36O. The number of hydrogen-bond acceptors (Lipinski definition) is 1. The summed E-state index contributed by atoms with van der Waals surface area (Å²) in [4.78, 5) is 0. The summed E-state index contributed by atoms with van der Waals surface area (Å²) >= 11 is 0. The third kappa shape index (κ3) is 5.06. The highest BCUT2D eigenvalue weighted by molar-refractivity contribution is 4.82. The fourth-order valence-corrected chi connectivity index (χ4v) is 4.48. The summed E-state index contributed by atoms with van der Waals surface area (Å²) in [5.74, 6) is 3.15. The molecule has 0 N–H and O–H groups in total. The van der Waals surface area contributed by atoms with Gasteiger partial charge in [0.25, 0.3) is 0 Å². The van der Waals surface area contributed by atoms with Crippen LogP contribution in [0.4, 0.5) is 0 Å². The summed E-state index contributed by atoms with van der Waals surface area (Å²) in [6.45, 7) is 5.58. The van der Waals surface area contributed by atoms with Gasteiger partial charge in [-0.2, -0.15) is 0 Å². The molecule has 0 atom stereocenters. The molecule has 20 heavy (non-hydrogen) atoms. The average molecular weight is 280 g/mol. The molecule has 2 aliphatic carbocycles. The van der Waals surface area contributed by atoms with Crippen molar-refractivity contribution in [2.24, 2.45) is 17.8 Å². The van der Waals surface area contributed by atoms with E-state index >= 15 is 0 Å². The van der Waals surface area contributed by atoms with Crippen LogP contribution < -0.4 is 0 Å². The van der Waals surface area contributed by atoms with Gasteiger partial charge in [0.15, 0.2) is 0 Å². The van der Waals surface area contributed by atoms with E-state index in [1.807, 2.05) is 0 Å². The van der Waals surface area contributed by atoms with Crippen molar-refractivity contribution in [1.82, 2.24) is 0 Å². The zero-order valence-electron chi connectivity index (χ0n) is 13.9. The van der Waals surface area contributed by atoms with Crippen LogP contribution >= 0.6 is 0 Å². The van der Waals surface area contributed by atoms with Gasteiger partial charge in [-0.1, -0.05) is 46.0 Å². The Bertz CT molecular complexity index is 234. The largest absolute Gasteiger partial charge is 0.378 e. The van der Waals surface area contributed by atoms with E-state index in [0.29, 0.717) is 6.10 Å². The van der Waals surface area contributed by atoms with Crippen molar-refractivity contribution in [3.63, 3.8) is 0 Å². The summed E-state index contributed by atoms with van der Waals surface area (Å²) in [7, 11) is 0. The van der Waals surface area contributed by atoms with Gasteiger partial charge >= 0.3 is 0 Å². The lowest BCUT2D eigenvalue weighted by molar-refractivity contribution is 0.00579. The first-order valence-electron chi connectivity index (χ1n) is 9.45. The van der Waals surface area contributed by atoms with E-state index in [4.69, 9.17) is 4.74 Å². The Labute approximate surface area is 126 Å². The second-order valence-corrected chi connectivity index (χ2v) is 7.33. The molecule has 0 unspecified atom stereocenters. The summed E-state index contributed by atoms with van der Waals surface area (Å²) in [5.41, 5.74) is 0. The van der Waals surface area contributed by atoms with Gasteiger partial charge in [-0.3, -0.25) is 0 Å². The molecule has 0 spiro atoms. The van der Waals surface area contributed by atoms with Crippen molar-refractivity contribution in [3.05, 3.63) is 0 Å². The molecule has 2 saturated carbocycles. The summed E-state index contributed by atoms with van der Waals surface area (Å²) < 4.78 is 6.01. The molecule has 0 aromatic rings. The zero-order valence-corrected chi connectivity index (χ0v) is 13.9. The first kappa shape index (κ1) is 16.3. The molecule has 1 nitrogen and oxygen atoms in total. The van der Waals surface area contributed by atoms with Gasteiger partial charge in [0.1, 0.15) is 0 Å². The van der Waals surface area contributed by atoms with Crippen molar-refractivity contribution in [1.29, 1.82) is 0 Å². The number of unbranched alkanes of at least 4 members (excludes halogenated alkanes) is 1. The van der Waals surface area contributed by atoms with Crippen molar-refractivity contribution < 1.29 is 4.74 Å². The molecule has 2 fully saturated rings. The van der Waals surface area contributed by atoms with E-state index in [9.17, 15) is 0 Å². The van der Waals surface area contributed by atoms with Gasteiger partial charge in [-0.05, 0) is 62.7 Å². The minimum atomic E-state index is 0.592. The standard InChI is InChI=1S/C19H36O/c1-3-5-15-20-19-13-11-18(12-14-19)17-9-7-16(6-4-2)8-10-17/h16-19H,3-15H2,1-2H3/t16-,17-,18-,19-. The maximum Gasteiger partial charge on any atom is 0.0575 e. The minimum absolute atomic E-state index is 0.592. The Morgan fingerprint density at radius 1 is 0.750 bits per heavy atom. The minimum Gasteiger partial charge on any atom is -0.378 e. The third-order valence-corrected chi connectivity index (χ3v) is 5.83. The van der Waals surface area contributed by atoms with Crippen LogP contribution in [0.2, 0.25) is 0 Å². The highest BCUT2D eigenvalue weighted by Gasteiger charge is 2.30. The molecule has 0 radical (unpaired) electrons. The number of ether oxygens (including phenoxy) is 1.